The molecule has 0 fully saturated rings. The first-order valence-electron chi connectivity index (χ1n) is 9.33. The van der Waals surface area contributed by atoms with Crippen LogP contribution in [0.3, 0.4) is 0 Å². The highest BCUT2D eigenvalue weighted by Gasteiger charge is 2.15. The van der Waals surface area contributed by atoms with Gasteiger partial charge in [0.1, 0.15) is 5.58 Å². The lowest BCUT2D eigenvalue weighted by atomic mass is 10.0. The van der Waals surface area contributed by atoms with Gasteiger partial charge < -0.3 is 4.42 Å². The lowest BCUT2D eigenvalue weighted by Gasteiger charge is -2.09. The van der Waals surface area contributed by atoms with Gasteiger partial charge in [-0.05, 0) is 42.7 Å². The molecule has 0 bridgehead atoms. The van der Waals surface area contributed by atoms with Crippen LogP contribution in [0.2, 0.25) is 0 Å². The highest BCUT2D eigenvalue weighted by Crippen LogP contribution is 2.29. The lowest BCUT2D eigenvalue weighted by Crippen LogP contribution is -2.03. The summed E-state index contributed by atoms with van der Waals surface area (Å²) in [6.07, 6.45) is 1.83. The molecule has 5 nitrogen and oxygen atoms in total. The molecule has 2 heterocycles. The number of nitrogens with zero attached hydrogens (tertiary/aromatic N) is 3. The van der Waals surface area contributed by atoms with Crippen molar-refractivity contribution in [1.29, 1.82) is 0 Å². The smallest absolute Gasteiger partial charge is 0.336 e. The average molecular weight is 404 g/mol. The molecule has 6 heteroatoms. The molecule has 0 saturated carbocycles. The SMILES string of the molecule is C=CCn1c(SCc2cc(=O)oc3cc(C)c(C)cc23)nnc1-c1ccccc1. The third-order valence-corrected chi connectivity index (χ3v) is 5.88. The molecule has 29 heavy (non-hydrogen) atoms. The van der Waals surface area contributed by atoms with Crippen LogP contribution in [-0.2, 0) is 12.3 Å². The summed E-state index contributed by atoms with van der Waals surface area (Å²) in [5, 5.41) is 10.5. The van der Waals surface area contributed by atoms with Crippen molar-refractivity contribution < 1.29 is 4.42 Å². The maximum Gasteiger partial charge on any atom is 0.336 e. The molecule has 2 aromatic carbocycles. The monoisotopic (exact) mass is 403 g/mol. The van der Waals surface area contributed by atoms with Crippen molar-refractivity contribution in [3.05, 3.63) is 88.3 Å². The van der Waals surface area contributed by atoms with Gasteiger partial charge in [-0.1, -0.05) is 48.2 Å². The van der Waals surface area contributed by atoms with Crippen molar-refractivity contribution in [3.63, 3.8) is 0 Å². The van der Waals surface area contributed by atoms with Crippen LogP contribution >= 0.6 is 11.8 Å². The minimum Gasteiger partial charge on any atom is -0.423 e. The molecular weight excluding hydrogens is 382 g/mol. The van der Waals surface area contributed by atoms with E-state index in [4.69, 9.17) is 4.42 Å². The second kappa shape index (κ2) is 8.09. The van der Waals surface area contributed by atoms with Crippen molar-refractivity contribution >= 4 is 22.7 Å². The molecule has 0 amide bonds. The molecule has 0 spiro atoms. The highest BCUT2D eigenvalue weighted by molar-refractivity contribution is 7.98. The Hall–Kier alpha value is -3.12. The van der Waals surface area contributed by atoms with E-state index in [0.29, 0.717) is 17.9 Å². The molecule has 0 atom stereocenters. The topological polar surface area (TPSA) is 60.9 Å². The Morgan fingerprint density at radius 2 is 1.86 bits per heavy atom. The zero-order chi connectivity index (χ0) is 20.4. The quantitative estimate of drug-likeness (QED) is 0.253. The molecule has 0 saturated heterocycles. The first kappa shape index (κ1) is 19.2. The first-order chi connectivity index (χ1) is 14.1. The molecule has 0 radical (unpaired) electrons. The molecule has 4 rings (SSSR count). The van der Waals surface area contributed by atoms with Gasteiger partial charge in [-0.2, -0.15) is 0 Å². The number of rotatable bonds is 6. The van der Waals surface area contributed by atoms with Crippen LogP contribution in [0.1, 0.15) is 16.7 Å². The Labute approximate surface area is 173 Å². The van der Waals surface area contributed by atoms with Gasteiger partial charge in [0, 0.05) is 29.3 Å². The third kappa shape index (κ3) is 3.89. The molecule has 0 N–H and O–H groups in total. The number of hydrogen-bond acceptors (Lipinski definition) is 5. The summed E-state index contributed by atoms with van der Waals surface area (Å²) in [4.78, 5) is 12.0. The van der Waals surface area contributed by atoms with Crippen molar-refractivity contribution in [3.8, 4) is 11.4 Å². The molecule has 2 aromatic heterocycles. The summed E-state index contributed by atoms with van der Waals surface area (Å²) >= 11 is 1.55. The first-order valence-corrected chi connectivity index (χ1v) is 10.3. The van der Waals surface area contributed by atoms with E-state index in [2.05, 4.69) is 29.8 Å². The standard InChI is InChI=1S/C23H21N3O2S/c1-4-10-26-22(17-8-6-5-7-9-17)24-25-23(26)29-14-18-13-21(27)28-20-12-16(3)15(2)11-19(18)20/h4-9,11-13H,1,10,14H2,2-3H3. The Morgan fingerprint density at radius 3 is 2.62 bits per heavy atom. The van der Waals surface area contributed by atoms with Crippen molar-refractivity contribution in [2.24, 2.45) is 0 Å². The zero-order valence-corrected chi connectivity index (χ0v) is 17.2. The van der Waals surface area contributed by atoms with Crippen LogP contribution in [0.5, 0.6) is 0 Å². The predicted octanol–water partition coefficient (Wildman–Crippen LogP) is 5.15. The predicted molar refractivity (Wildman–Crippen MR) is 117 cm³/mol. The van der Waals surface area contributed by atoms with E-state index >= 15 is 0 Å². The molecule has 0 aliphatic heterocycles. The van der Waals surface area contributed by atoms with Crippen LogP contribution in [0, 0.1) is 13.8 Å². The Kier molecular flexibility index (Phi) is 5.36. The van der Waals surface area contributed by atoms with Crippen LogP contribution in [0.4, 0.5) is 0 Å². The van der Waals surface area contributed by atoms with Gasteiger partial charge in [0.05, 0.1) is 0 Å². The van der Waals surface area contributed by atoms with E-state index < -0.39 is 0 Å². The van der Waals surface area contributed by atoms with E-state index in [1.165, 1.54) is 5.56 Å². The van der Waals surface area contributed by atoms with E-state index in [9.17, 15) is 4.79 Å². The molecule has 0 aliphatic carbocycles. The van der Waals surface area contributed by atoms with E-state index in [-0.39, 0.29) is 5.63 Å². The van der Waals surface area contributed by atoms with E-state index in [1.807, 2.05) is 54.0 Å². The normalized spacial score (nSPS) is 11.1. The highest BCUT2D eigenvalue weighted by atomic mass is 32.2. The van der Waals surface area contributed by atoms with Gasteiger partial charge in [-0.15, -0.1) is 16.8 Å². The second-order valence-corrected chi connectivity index (χ2v) is 7.83. The number of thioether (sulfide) groups is 1. The summed E-state index contributed by atoms with van der Waals surface area (Å²) in [5.41, 5.74) is 4.48. The Bertz CT molecular complexity index is 1240. The van der Waals surface area contributed by atoms with E-state index in [1.54, 1.807) is 17.8 Å². The van der Waals surface area contributed by atoms with Gasteiger partial charge in [0.25, 0.3) is 0 Å². The van der Waals surface area contributed by atoms with Gasteiger partial charge in [0.2, 0.25) is 0 Å². The molecule has 146 valence electrons. The fourth-order valence-electron chi connectivity index (χ4n) is 3.23. The fraction of sp³-hybridized carbons (Fsp3) is 0.174. The van der Waals surface area contributed by atoms with Crippen LogP contribution in [-0.4, -0.2) is 14.8 Å². The van der Waals surface area contributed by atoms with Gasteiger partial charge >= 0.3 is 5.63 Å². The molecule has 0 aliphatic rings. The maximum absolute atomic E-state index is 12.0. The third-order valence-electron chi connectivity index (χ3n) is 4.86. The summed E-state index contributed by atoms with van der Waals surface area (Å²) in [6, 6.07) is 15.5. The molecule has 0 unspecified atom stereocenters. The summed E-state index contributed by atoms with van der Waals surface area (Å²) in [5.74, 6) is 1.39. The minimum atomic E-state index is -0.339. The number of aromatic nitrogens is 3. The Balaban J connectivity index is 1.69. The van der Waals surface area contributed by atoms with E-state index in [0.717, 1.165) is 33.1 Å². The van der Waals surface area contributed by atoms with Gasteiger partial charge in [-0.25, -0.2) is 4.79 Å². The number of aryl methyl sites for hydroxylation is 2. The van der Waals surface area contributed by atoms with Crippen molar-refractivity contribution in [2.45, 2.75) is 31.3 Å². The van der Waals surface area contributed by atoms with Crippen molar-refractivity contribution in [1.82, 2.24) is 14.8 Å². The van der Waals surface area contributed by atoms with Gasteiger partial charge in [-0.3, -0.25) is 4.57 Å². The summed E-state index contributed by atoms with van der Waals surface area (Å²) < 4.78 is 7.44. The molecular formula is C23H21N3O2S. The summed E-state index contributed by atoms with van der Waals surface area (Å²) in [7, 11) is 0. The van der Waals surface area contributed by atoms with Crippen LogP contribution < -0.4 is 5.63 Å². The zero-order valence-electron chi connectivity index (χ0n) is 16.4. The number of benzene rings is 2. The lowest BCUT2D eigenvalue weighted by molar-refractivity contribution is 0.559. The minimum absolute atomic E-state index is 0.339. The average Bonchev–Trinajstić information content (AvgIpc) is 3.11. The number of hydrogen-bond donors (Lipinski definition) is 0. The largest absolute Gasteiger partial charge is 0.423 e. The second-order valence-electron chi connectivity index (χ2n) is 6.88. The van der Waals surface area contributed by atoms with Crippen LogP contribution in [0.15, 0.2) is 75.6 Å². The fourth-order valence-corrected chi connectivity index (χ4v) is 4.17. The molecule has 4 aromatic rings. The Morgan fingerprint density at radius 1 is 1.10 bits per heavy atom. The summed E-state index contributed by atoms with van der Waals surface area (Å²) in [6.45, 7) is 8.54. The van der Waals surface area contributed by atoms with Crippen LogP contribution in [0.25, 0.3) is 22.4 Å². The number of allylic oxidation sites excluding steroid dienone is 1. The van der Waals surface area contributed by atoms with Crippen molar-refractivity contribution in [2.75, 3.05) is 0 Å². The number of fused-ring (bicyclic) bond motifs is 1. The maximum atomic E-state index is 12.0. The van der Waals surface area contributed by atoms with Gasteiger partial charge in [0.15, 0.2) is 11.0 Å².